The summed E-state index contributed by atoms with van der Waals surface area (Å²) in [6.07, 6.45) is 0. The smallest absolute Gasteiger partial charge is 0.119 e. The molecule has 1 atom stereocenters. The van der Waals surface area contributed by atoms with Crippen LogP contribution in [0.25, 0.3) is 0 Å². The lowest BCUT2D eigenvalue weighted by atomic mass is 9.96. The van der Waals surface area contributed by atoms with Gasteiger partial charge in [0, 0.05) is 0 Å². The maximum absolute atomic E-state index is 5.26. The van der Waals surface area contributed by atoms with Gasteiger partial charge in [-0.3, -0.25) is 0 Å². The zero-order valence-electron chi connectivity index (χ0n) is 11.8. The highest BCUT2D eigenvalue weighted by Gasteiger charge is 2.15. The summed E-state index contributed by atoms with van der Waals surface area (Å²) in [6, 6.07) is 12.8. The van der Waals surface area contributed by atoms with Gasteiger partial charge in [0.25, 0.3) is 0 Å². The van der Waals surface area contributed by atoms with Crippen LogP contribution in [0.1, 0.15) is 32.6 Å². The Bertz CT molecular complexity index is 590. The van der Waals surface area contributed by atoms with Crippen LogP contribution in [0.3, 0.4) is 0 Å². The summed E-state index contributed by atoms with van der Waals surface area (Å²) in [5, 5.41) is 0. The molecule has 0 saturated carbocycles. The Kier molecular flexibility index (Phi) is 4.31. The highest BCUT2D eigenvalue weighted by atomic mass is 79.9. The minimum Gasteiger partial charge on any atom is -0.497 e. The lowest BCUT2D eigenvalue weighted by Gasteiger charge is -2.17. The summed E-state index contributed by atoms with van der Waals surface area (Å²) in [4.78, 5) is 0.221. The minimum absolute atomic E-state index is 0.221. The molecule has 2 aromatic rings. The molecular formula is C17H19BrO. The van der Waals surface area contributed by atoms with E-state index in [2.05, 4.69) is 67.0 Å². The van der Waals surface area contributed by atoms with Crippen LogP contribution in [-0.2, 0) is 0 Å². The van der Waals surface area contributed by atoms with Crippen LogP contribution in [0.2, 0.25) is 0 Å². The lowest BCUT2D eigenvalue weighted by molar-refractivity contribution is 0.414. The van der Waals surface area contributed by atoms with Crippen molar-refractivity contribution in [3.8, 4) is 5.75 Å². The van der Waals surface area contributed by atoms with Crippen molar-refractivity contribution in [2.45, 2.75) is 25.6 Å². The molecular weight excluding hydrogens is 300 g/mol. The predicted molar refractivity (Wildman–Crippen MR) is 84.4 cm³/mol. The Morgan fingerprint density at radius 1 is 0.895 bits per heavy atom. The van der Waals surface area contributed by atoms with Gasteiger partial charge in [-0.1, -0.05) is 45.8 Å². The molecule has 0 spiro atoms. The number of halogens is 1. The Balaban J connectivity index is 2.41. The first kappa shape index (κ1) is 14.1. The molecule has 0 heterocycles. The van der Waals surface area contributed by atoms with Crippen molar-refractivity contribution < 1.29 is 4.74 Å². The Morgan fingerprint density at radius 3 is 2.00 bits per heavy atom. The van der Waals surface area contributed by atoms with E-state index in [0.717, 1.165) is 5.75 Å². The molecule has 0 amide bonds. The van der Waals surface area contributed by atoms with Crippen LogP contribution < -0.4 is 4.74 Å². The fraction of sp³-hybridized carbons (Fsp3) is 0.294. The lowest BCUT2D eigenvalue weighted by Crippen LogP contribution is -1.99. The molecule has 0 aromatic heterocycles. The van der Waals surface area contributed by atoms with Crippen molar-refractivity contribution in [2.75, 3.05) is 7.11 Å². The molecule has 0 aliphatic heterocycles. The van der Waals surface area contributed by atoms with Crippen molar-refractivity contribution in [1.29, 1.82) is 0 Å². The molecule has 2 rings (SSSR count). The van der Waals surface area contributed by atoms with Gasteiger partial charge in [-0.25, -0.2) is 0 Å². The van der Waals surface area contributed by atoms with Crippen LogP contribution in [0.5, 0.6) is 5.75 Å². The molecule has 0 saturated heterocycles. The molecule has 1 unspecified atom stereocenters. The van der Waals surface area contributed by atoms with Gasteiger partial charge in [-0.2, -0.15) is 0 Å². The summed E-state index contributed by atoms with van der Waals surface area (Å²) in [5.41, 5.74) is 6.46. The Morgan fingerprint density at radius 2 is 1.47 bits per heavy atom. The molecule has 2 heteroatoms. The van der Waals surface area contributed by atoms with E-state index in [9.17, 15) is 0 Å². The summed E-state index contributed by atoms with van der Waals surface area (Å²) >= 11 is 3.83. The highest BCUT2D eigenvalue weighted by Crippen LogP contribution is 2.35. The van der Waals surface area contributed by atoms with E-state index in [1.165, 1.54) is 27.8 Å². The van der Waals surface area contributed by atoms with Gasteiger partial charge in [0.1, 0.15) is 5.75 Å². The second-order valence-corrected chi connectivity index (χ2v) is 5.86. The number of benzene rings is 2. The standard InChI is InChI=1S/C17H19BrO/c1-11-5-7-15(12(2)9-11)17(18)16-8-6-14(19-4)10-13(16)3/h5-10,17H,1-4H3. The van der Waals surface area contributed by atoms with Crippen LogP contribution >= 0.6 is 15.9 Å². The highest BCUT2D eigenvalue weighted by molar-refractivity contribution is 9.09. The van der Waals surface area contributed by atoms with Gasteiger partial charge >= 0.3 is 0 Å². The molecule has 19 heavy (non-hydrogen) atoms. The minimum atomic E-state index is 0.221. The summed E-state index contributed by atoms with van der Waals surface area (Å²) < 4.78 is 5.26. The molecule has 0 aliphatic rings. The quantitative estimate of drug-likeness (QED) is 0.715. The van der Waals surface area contributed by atoms with E-state index in [0.29, 0.717) is 0 Å². The molecule has 1 nitrogen and oxygen atoms in total. The van der Waals surface area contributed by atoms with Crippen molar-refractivity contribution in [2.24, 2.45) is 0 Å². The van der Waals surface area contributed by atoms with Crippen molar-refractivity contribution in [3.05, 3.63) is 64.2 Å². The van der Waals surface area contributed by atoms with E-state index in [1.807, 2.05) is 6.07 Å². The molecule has 2 aromatic carbocycles. The number of hydrogen-bond acceptors (Lipinski definition) is 1. The number of methoxy groups -OCH3 is 1. The van der Waals surface area contributed by atoms with E-state index in [-0.39, 0.29) is 4.83 Å². The van der Waals surface area contributed by atoms with E-state index in [1.54, 1.807) is 7.11 Å². The molecule has 0 aliphatic carbocycles. The van der Waals surface area contributed by atoms with Crippen LogP contribution in [0.4, 0.5) is 0 Å². The third kappa shape index (κ3) is 3.01. The molecule has 100 valence electrons. The van der Waals surface area contributed by atoms with Crippen molar-refractivity contribution in [1.82, 2.24) is 0 Å². The number of aryl methyl sites for hydroxylation is 3. The van der Waals surface area contributed by atoms with E-state index in [4.69, 9.17) is 4.74 Å². The average Bonchev–Trinajstić information content (AvgIpc) is 2.37. The SMILES string of the molecule is COc1ccc(C(Br)c2ccc(C)cc2C)c(C)c1. The normalized spacial score (nSPS) is 12.3. The third-order valence-corrected chi connectivity index (χ3v) is 4.43. The monoisotopic (exact) mass is 318 g/mol. The average molecular weight is 319 g/mol. The van der Waals surface area contributed by atoms with Crippen molar-refractivity contribution >= 4 is 15.9 Å². The maximum atomic E-state index is 5.26. The predicted octanol–water partition coefficient (Wildman–Crippen LogP) is 5.10. The number of hydrogen-bond donors (Lipinski definition) is 0. The topological polar surface area (TPSA) is 9.23 Å². The summed E-state index contributed by atoms with van der Waals surface area (Å²) in [7, 11) is 1.70. The van der Waals surface area contributed by atoms with Crippen LogP contribution in [0, 0.1) is 20.8 Å². The van der Waals surface area contributed by atoms with Crippen LogP contribution in [-0.4, -0.2) is 7.11 Å². The Hall–Kier alpha value is -1.28. The zero-order valence-corrected chi connectivity index (χ0v) is 13.4. The summed E-state index contributed by atoms with van der Waals surface area (Å²) in [6.45, 7) is 6.41. The molecule has 0 N–H and O–H groups in total. The van der Waals surface area contributed by atoms with Crippen molar-refractivity contribution in [3.63, 3.8) is 0 Å². The summed E-state index contributed by atoms with van der Waals surface area (Å²) in [5.74, 6) is 0.904. The molecule has 0 radical (unpaired) electrons. The third-order valence-electron chi connectivity index (χ3n) is 3.45. The maximum Gasteiger partial charge on any atom is 0.119 e. The second kappa shape index (κ2) is 5.79. The first-order valence-electron chi connectivity index (χ1n) is 6.38. The zero-order chi connectivity index (χ0) is 14.0. The van der Waals surface area contributed by atoms with Gasteiger partial charge < -0.3 is 4.74 Å². The fourth-order valence-electron chi connectivity index (χ4n) is 2.34. The largest absolute Gasteiger partial charge is 0.497 e. The Labute approximate surface area is 123 Å². The van der Waals surface area contributed by atoms with Gasteiger partial charge in [0.05, 0.1) is 11.9 Å². The number of rotatable bonds is 3. The number of ether oxygens (including phenoxy) is 1. The van der Waals surface area contributed by atoms with E-state index < -0.39 is 0 Å². The molecule has 0 bridgehead atoms. The second-order valence-electron chi connectivity index (χ2n) is 4.95. The van der Waals surface area contributed by atoms with Gasteiger partial charge in [-0.15, -0.1) is 0 Å². The van der Waals surface area contributed by atoms with E-state index >= 15 is 0 Å². The van der Waals surface area contributed by atoms with Gasteiger partial charge in [0.2, 0.25) is 0 Å². The first-order chi connectivity index (χ1) is 9.02. The van der Waals surface area contributed by atoms with Gasteiger partial charge in [-0.05, 0) is 55.2 Å². The molecule has 0 fully saturated rings. The van der Waals surface area contributed by atoms with Gasteiger partial charge in [0.15, 0.2) is 0 Å². The first-order valence-corrected chi connectivity index (χ1v) is 7.30. The van der Waals surface area contributed by atoms with Crippen LogP contribution in [0.15, 0.2) is 36.4 Å². The number of alkyl halides is 1. The fourth-order valence-corrected chi connectivity index (χ4v) is 3.36.